The van der Waals surface area contributed by atoms with E-state index in [2.05, 4.69) is 16.1 Å². The molecule has 3 aromatic rings. The summed E-state index contributed by atoms with van der Waals surface area (Å²) in [5.41, 5.74) is 1.90. The Morgan fingerprint density at radius 2 is 2.04 bits per heavy atom. The topological polar surface area (TPSA) is 86.8 Å². The zero-order valence-corrected chi connectivity index (χ0v) is 14.4. The number of para-hydroxylation sites is 1. The minimum Gasteiger partial charge on any atom is -0.450 e. The first-order valence-corrected chi connectivity index (χ1v) is 8.56. The van der Waals surface area contributed by atoms with Gasteiger partial charge in [0.2, 0.25) is 0 Å². The van der Waals surface area contributed by atoms with Crippen LogP contribution in [0.3, 0.4) is 0 Å². The van der Waals surface area contributed by atoms with E-state index < -0.39 is 0 Å². The number of carbonyl (C=O) groups excluding carboxylic acids is 1. The predicted molar refractivity (Wildman–Crippen MR) is 96.0 cm³/mol. The molecule has 0 N–H and O–H groups in total. The maximum atomic E-state index is 11.9. The molecule has 1 fully saturated rings. The predicted octanol–water partition coefficient (Wildman–Crippen LogP) is 2.03. The number of amides is 1. The summed E-state index contributed by atoms with van der Waals surface area (Å²) in [4.78, 5) is 20.5. The van der Waals surface area contributed by atoms with E-state index in [0.717, 1.165) is 16.7 Å². The van der Waals surface area contributed by atoms with Gasteiger partial charge in [-0.15, -0.1) is 0 Å². The lowest BCUT2D eigenvalue weighted by Gasteiger charge is -2.35. The lowest BCUT2D eigenvalue weighted by atomic mass is 10.2. The molecule has 26 heavy (non-hydrogen) atoms. The monoisotopic (exact) mass is 350 g/mol. The molecule has 0 saturated carbocycles. The van der Waals surface area contributed by atoms with Gasteiger partial charge in [0.05, 0.1) is 18.3 Å². The van der Waals surface area contributed by atoms with Crippen LogP contribution in [-0.4, -0.2) is 58.4 Å². The number of piperazine rings is 1. The van der Waals surface area contributed by atoms with Crippen molar-refractivity contribution in [2.75, 3.05) is 37.7 Å². The molecule has 8 nitrogen and oxygen atoms in total. The first-order valence-electron chi connectivity index (χ1n) is 8.56. The average molecular weight is 350 g/mol. The van der Waals surface area contributed by atoms with Crippen LogP contribution in [0.1, 0.15) is 12.5 Å². The van der Waals surface area contributed by atoms with E-state index >= 15 is 0 Å². The first kappa shape index (κ1) is 16.1. The highest BCUT2D eigenvalue weighted by Crippen LogP contribution is 2.27. The molecule has 1 saturated heterocycles. The van der Waals surface area contributed by atoms with Crippen molar-refractivity contribution in [3.8, 4) is 6.07 Å². The normalized spacial score (nSPS) is 14.6. The summed E-state index contributed by atoms with van der Waals surface area (Å²) in [6.07, 6.45) is 1.26. The Bertz CT molecular complexity index is 1010. The number of ether oxygens (including phenoxy) is 1. The first-order chi connectivity index (χ1) is 12.7. The fraction of sp³-hybridized carbons (Fsp3) is 0.333. The van der Waals surface area contributed by atoms with E-state index in [4.69, 9.17) is 9.72 Å². The number of aromatic nitrogens is 3. The number of rotatable bonds is 2. The summed E-state index contributed by atoms with van der Waals surface area (Å²) in [6, 6.07) is 10.0. The Hall–Kier alpha value is -3.34. The van der Waals surface area contributed by atoms with Gasteiger partial charge < -0.3 is 14.5 Å². The number of carbonyl (C=O) groups is 1. The smallest absolute Gasteiger partial charge is 0.409 e. The summed E-state index contributed by atoms with van der Waals surface area (Å²) in [7, 11) is 0. The number of fused-ring (bicyclic) bond motifs is 3. The Morgan fingerprint density at radius 3 is 2.77 bits per heavy atom. The minimum atomic E-state index is -0.275. The van der Waals surface area contributed by atoms with Crippen LogP contribution in [0.2, 0.25) is 0 Å². The van der Waals surface area contributed by atoms with E-state index in [1.54, 1.807) is 16.3 Å². The summed E-state index contributed by atoms with van der Waals surface area (Å²) in [5.74, 6) is 0.814. The quantitative estimate of drug-likeness (QED) is 0.703. The van der Waals surface area contributed by atoms with Gasteiger partial charge in [-0.1, -0.05) is 12.1 Å². The van der Waals surface area contributed by atoms with Crippen molar-refractivity contribution < 1.29 is 9.53 Å². The van der Waals surface area contributed by atoms with Gasteiger partial charge in [0.1, 0.15) is 17.5 Å². The number of nitriles is 1. The Morgan fingerprint density at radius 1 is 1.27 bits per heavy atom. The van der Waals surface area contributed by atoms with E-state index in [1.807, 2.05) is 24.3 Å². The van der Waals surface area contributed by atoms with Gasteiger partial charge in [0.25, 0.3) is 0 Å². The van der Waals surface area contributed by atoms with Crippen LogP contribution in [0.5, 0.6) is 0 Å². The van der Waals surface area contributed by atoms with Gasteiger partial charge >= 0.3 is 6.09 Å². The number of hydrogen-bond acceptors (Lipinski definition) is 6. The molecular formula is C18H18N6O2. The van der Waals surface area contributed by atoms with E-state index in [1.165, 1.54) is 6.20 Å². The van der Waals surface area contributed by atoms with Crippen LogP contribution in [0, 0.1) is 11.3 Å². The zero-order chi connectivity index (χ0) is 18.1. The molecule has 0 atom stereocenters. The maximum absolute atomic E-state index is 11.9. The molecule has 1 aromatic carbocycles. The van der Waals surface area contributed by atoms with Crippen molar-refractivity contribution in [2.45, 2.75) is 6.92 Å². The van der Waals surface area contributed by atoms with Crippen molar-refractivity contribution >= 4 is 28.5 Å². The van der Waals surface area contributed by atoms with Gasteiger partial charge in [-0.3, -0.25) is 0 Å². The average Bonchev–Trinajstić information content (AvgIpc) is 3.11. The van der Waals surface area contributed by atoms with E-state index in [9.17, 15) is 10.1 Å². The summed E-state index contributed by atoms with van der Waals surface area (Å²) in [5, 5.41) is 14.6. The van der Waals surface area contributed by atoms with Crippen LogP contribution in [0.4, 0.5) is 10.6 Å². The lowest BCUT2D eigenvalue weighted by molar-refractivity contribution is 0.105. The van der Waals surface area contributed by atoms with Crippen LogP contribution in [0.15, 0.2) is 30.5 Å². The van der Waals surface area contributed by atoms with Gasteiger partial charge in [-0.2, -0.15) is 10.4 Å². The molecule has 0 unspecified atom stereocenters. The van der Waals surface area contributed by atoms with Gasteiger partial charge in [0.15, 0.2) is 5.65 Å². The molecule has 0 bridgehead atoms. The molecule has 1 aliphatic rings. The van der Waals surface area contributed by atoms with Crippen molar-refractivity contribution in [2.24, 2.45) is 0 Å². The van der Waals surface area contributed by atoms with Crippen LogP contribution in [-0.2, 0) is 4.74 Å². The lowest BCUT2D eigenvalue weighted by Crippen LogP contribution is -2.49. The van der Waals surface area contributed by atoms with Crippen LogP contribution >= 0.6 is 0 Å². The molecule has 0 spiro atoms. The Balaban J connectivity index is 1.72. The molecule has 1 amide bonds. The molecule has 1 aliphatic heterocycles. The third-order valence-electron chi connectivity index (χ3n) is 4.55. The SMILES string of the molecule is CCOC(=O)N1CCN(c2nc3c(C#N)cnn3c3ccccc23)CC1. The number of hydrogen-bond donors (Lipinski definition) is 0. The summed E-state index contributed by atoms with van der Waals surface area (Å²) >= 11 is 0. The summed E-state index contributed by atoms with van der Waals surface area (Å²) < 4.78 is 6.78. The highest BCUT2D eigenvalue weighted by Gasteiger charge is 2.25. The highest BCUT2D eigenvalue weighted by molar-refractivity contribution is 5.92. The molecule has 132 valence electrons. The number of anilines is 1. The third kappa shape index (κ3) is 2.58. The molecule has 4 rings (SSSR count). The second-order valence-electron chi connectivity index (χ2n) is 6.03. The number of benzene rings is 1. The maximum Gasteiger partial charge on any atom is 0.409 e. The fourth-order valence-electron chi connectivity index (χ4n) is 3.27. The highest BCUT2D eigenvalue weighted by atomic mass is 16.6. The van der Waals surface area contributed by atoms with Crippen molar-refractivity contribution in [1.82, 2.24) is 19.5 Å². The van der Waals surface area contributed by atoms with Gasteiger partial charge in [-0.05, 0) is 19.1 Å². The van der Waals surface area contributed by atoms with Crippen molar-refractivity contribution in [3.05, 3.63) is 36.0 Å². The Labute approximate surface area is 150 Å². The molecule has 0 aliphatic carbocycles. The van der Waals surface area contributed by atoms with E-state index in [-0.39, 0.29) is 6.09 Å². The minimum absolute atomic E-state index is 0.275. The molecular weight excluding hydrogens is 332 g/mol. The third-order valence-corrected chi connectivity index (χ3v) is 4.55. The van der Waals surface area contributed by atoms with E-state index in [0.29, 0.717) is 44.0 Å². The second-order valence-corrected chi connectivity index (χ2v) is 6.03. The molecule has 8 heteroatoms. The largest absolute Gasteiger partial charge is 0.450 e. The van der Waals surface area contributed by atoms with Crippen LogP contribution in [0.25, 0.3) is 16.6 Å². The fourth-order valence-corrected chi connectivity index (χ4v) is 3.27. The zero-order valence-electron chi connectivity index (χ0n) is 14.4. The Kier molecular flexibility index (Phi) is 4.05. The molecule has 0 radical (unpaired) electrons. The standard InChI is InChI=1S/C18H18N6O2/c1-2-26-18(25)23-9-7-22(8-10-23)17-14-5-3-4-6-15(14)24-16(21-17)13(11-19)12-20-24/h3-6,12H,2,7-10H2,1H3. The van der Waals surface area contributed by atoms with Crippen LogP contribution < -0.4 is 4.90 Å². The van der Waals surface area contributed by atoms with Gasteiger partial charge in [0, 0.05) is 31.6 Å². The molecule has 3 heterocycles. The molecule has 2 aromatic heterocycles. The number of nitrogens with zero attached hydrogens (tertiary/aromatic N) is 6. The second kappa shape index (κ2) is 6.52. The van der Waals surface area contributed by atoms with Crippen molar-refractivity contribution in [1.29, 1.82) is 5.26 Å². The van der Waals surface area contributed by atoms with Crippen molar-refractivity contribution in [3.63, 3.8) is 0 Å². The van der Waals surface area contributed by atoms with Gasteiger partial charge in [-0.25, -0.2) is 14.3 Å². The summed E-state index contributed by atoms with van der Waals surface area (Å²) in [6.45, 7) is 4.64.